The number of nitrogens with one attached hydrogen (secondary N) is 1. The fourth-order valence-electron chi connectivity index (χ4n) is 2.62. The maximum Gasteiger partial charge on any atom is 0.361 e. The van der Waals surface area contributed by atoms with Gasteiger partial charge in [0.2, 0.25) is 0 Å². The fourth-order valence-corrected chi connectivity index (χ4v) is 2.62. The van der Waals surface area contributed by atoms with Crippen LogP contribution in [0.15, 0.2) is 48.5 Å². The molecular weight excluding hydrogens is 356 g/mol. The third-order valence-corrected chi connectivity index (χ3v) is 4.27. The number of carbonyl (C=O) groups excluding carboxylic acids is 2. The van der Waals surface area contributed by atoms with Gasteiger partial charge in [0.1, 0.15) is 0 Å². The average molecular weight is 378 g/mol. The summed E-state index contributed by atoms with van der Waals surface area (Å²) in [5.74, 6) is -1.10. The van der Waals surface area contributed by atoms with Gasteiger partial charge in [-0.15, -0.1) is 5.10 Å². The minimum atomic E-state index is -0.978. The first-order chi connectivity index (χ1) is 13.3. The highest BCUT2D eigenvalue weighted by atomic mass is 16.5. The molecule has 2 aromatic carbocycles. The molecule has 28 heavy (non-hydrogen) atoms. The molecular formula is C21H22N4O3. The van der Waals surface area contributed by atoms with Crippen molar-refractivity contribution in [1.82, 2.24) is 15.0 Å². The zero-order valence-corrected chi connectivity index (χ0v) is 16.3. The van der Waals surface area contributed by atoms with E-state index in [0.29, 0.717) is 11.4 Å². The summed E-state index contributed by atoms with van der Waals surface area (Å²) in [6.07, 6.45) is -0.978. The topological polar surface area (TPSA) is 86.1 Å². The molecule has 0 aliphatic carbocycles. The summed E-state index contributed by atoms with van der Waals surface area (Å²) in [6.45, 7) is 7.04. The Morgan fingerprint density at radius 1 is 1.04 bits per heavy atom. The maximum absolute atomic E-state index is 12.5. The van der Waals surface area contributed by atoms with Crippen molar-refractivity contribution in [2.75, 3.05) is 5.32 Å². The van der Waals surface area contributed by atoms with Gasteiger partial charge in [-0.25, -0.2) is 4.79 Å². The number of aryl methyl sites for hydroxylation is 3. The van der Waals surface area contributed by atoms with Crippen LogP contribution < -0.4 is 5.32 Å². The Bertz CT molecular complexity index is 1010. The minimum absolute atomic E-state index is 0.0789. The molecule has 7 nitrogen and oxygen atoms in total. The van der Waals surface area contributed by atoms with E-state index in [1.807, 2.05) is 62.4 Å². The zero-order chi connectivity index (χ0) is 20.3. The molecule has 1 heterocycles. The van der Waals surface area contributed by atoms with Crippen LogP contribution in [-0.2, 0) is 9.53 Å². The van der Waals surface area contributed by atoms with Gasteiger partial charge >= 0.3 is 5.97 Å². The van der Waals surface area contributed by atoms with E-state index >= 15 is 0 Å². The largest absolute Gasteiger partial charge is 0.448 e. The normalized spacial score (nSPS) is 11.7. The lowest BCUT2D eigenvalue weighted by Crippen LogP contribution is -2.30. The molecule has 0 radical (unpaired) electrons. The smallest absolute Gasteiger partial charge is 0.361 e. The molecule has 0 saturated carbocycles. The standard InChI is InChI=1S/C21H22N4O3/c1-13-10-11-14(2)18(12-13)22-20(26)16(4)28-21(27)19-15(3)23-25(24-19)17-8-6-5-7-9-17/h5-12,16H,1-4H3,(H,22,26)/t16-/m0/s1. The first-order valence-electron chi connectivity index (χ1n) is 8.93. The molecule has 1 atom stereocenters. The van der Waals surface area contributed by atoms with Gasteiger partial charge in [-0.3, -0.25) is 4.79 Å². The van der Waals surface area contributed by atoms with Crippen molar-refractivity contribution in [3.63, 3.8) is 0 Å². The van der Waals surface area contributed by atoms with Crippen molar-refractivity contribution >= 4 is 17.6 Å². The summed E-state index contributed by atoms with van der Waals surface area (Å²) < 4.78 is 5.30. The predicted molar refractivity (Wildman–Crippen MR) is 106 cm³/mol. The Labute approximate surface area is 163 Å². The molecule has 0 bridgehead atoms. The highest BCUT2D eigenvalue weighted by molar-refractivity contribution is 5.97. The van der Waals surface area contributed by atoms with Gasteiger partial charge in [-0.05, 0) is 57.0 Å². The number of esters is 1. The molecule has 0 unspecified atom stereocenters. The van der Waals surface area contributed by atoms with E-state index in [9.17, 15) is 9.59 Å². The van der Waals surface area contributed by atoms with Gasteiger partial charge in [-0.1, -0.05) is 30.3 Å². The lowest BCUT2D eigenvalue weighted by molar-refractivity contribution is -0.123. The van der Waals surface area contributed by atoms with E-state index in [1.54, 1.807) is 6.92 Å². The minimum Gasteiger partial charge on any atom is -0.448 e. The Morgan fingerprint density at radius 3 is 2.46 bits per heavy atom. The van der Waals surface area contributed by atoms with Crippen LogP contribution in [0, 0.1) is 20.8 Å². The molecule has 0 spiro atoms. The lowest BCUT2D eigenvalue weighted by Gasteiger charge is -2.14. The van der Waals surface area contributed by atoms with Gasteiger partial charge in [-0.2, -0.15) is 9.90 Å². The number of carbonyl (C=O) groups is 2. The lowest BCUT2D eigenvalue weighted by atomic mass is 10.1. The van der Waals surface area contributed by atoms with Gasteiger partial charge in [0.15, 0.2) is 11.8 Å². The SMILES string of the molecule is Cc1ccc(C)c(NC(=O)[C@H](C)OC(=O)c2nn(-c3ccccc3)nc2C)c1. The van der Waals surface area contributed by atoms with E-state index in [4.69, 9.17) is 4.74 Å². The van der Waals surface area contributed by atoms with Crippen LogP contribution in [0.1, 0.15) is 34.2 Å². The van der Waals surface area contributed by atoms with Crippen molar-refractivity contribution < 1.29 is 14.3 Å². The molecule has 0 aliphatic rings. The molecule has 1 N–H and O–H groups in total. The van der Waals surface area contributed by atoms with Crippen LogP contribution in [0.25, 0.3) is 5.69 Å². The third kappa shape index (κ3) is 4.25. The summed E-state index contributed by atoms with van der Waals surface area (Å²) in [5.41, 5.74) is 3.88. The Kier molecular flexibility index (Phi) is 5.54. The summed E-state index contributed by atoms with van der Waals surface area (Å²) in [4.78, 5) is 26.3. The molecule has 1 aromatic heterocycles. The first-order valence-corrected chi connectivity index (χ1v) is 8.93. The van der Waals surface area contributed by atoms with Crippen molar-refractivity contribution in [3.05, 3.63) is 71.0 Å². The Hall–Kier alpha value is -3.48. The molecule has 0 fully saturated rings. The number of nitrogens with zero attached hydrogens (tertiary/aromatic N) is 3. The summed E-state index contributed by atoms with van der Waals surface area (Å²) in [5, 5.41) is 11.2. The van der Waals surface area contributed by atoms with E-state index in [1.165, 1.54) is 11.7 Å². The van der Waals surface area contributed by atoms with Gasteiger partial charge in [0.05, 0.1) is 11.4 Å². The summed E-state index contributed by atoms with van der Waals surface area (Å²) in [6, 6.07) is 15.0. The van der Waals surface area contributed by atoms with Crippen molar-refractivity contribution in [1.29, 1.82) is 0 Å². The first kappa shape index (κ1) is 19.3. The number of hydrogen-bond acceptors (Lipinski definition) is 5. The quantitative estimate of drug-likeness (QED) is 0.688. The second kappa shape index (κ2) is 8.04. The van der Waals surface area contributed by atoms with Gasteiger partial charge in [0.25, 0.3) is 5.91 Å². The van der Waals surface area contributed by atoms with E-state index in [0.717, 1.165) is 16.8 Å². The van der Waals surface area contributed by atoms with Crippen molar-refractivity contribution in [3.8, 4) is 5.69 Å². The van der Waals surface area contributed by atoms with Crippen LogP contribution >= 0.6 is 0 Å². The van der Waals surface area contributed by atoms with Crippen LogP contribution in [0.3, 0.4) is 0 Å². The molecule has 0 aliphatic heterocycles. The van der Waals surface area contributed by atoms with Crippen molar-refractivity contribution in [2.24, 2.45) is 0 Å². The molecule has 3 rings (SSSR count). The Balaban J connectivity index is 1.69. The monoisotopic (exact) mass is 378 g/mol. The highest BCUT2D eigenvalue weighted by Crippen LogP contribution is 2.17. The second-order valence-corrected chi connectivity index (χ2v) is 6.61. The predicted octanol–water partition coefficient (Wildman–Crippen LogP) is 3.38. The number of rotatable bonds is 5. The Morgan fingerprint density at radius 2 is 1.75 bits per heavy atom. The fraction of sp³-hybridized carbons (Fsp3) is 0.238. The van der Waals surface area contributed by atoms with E-state index < -0.39 is 18.0 Å². The number of benzene rings is 2. The van der Waals surface area contributed by atoms with Crippen LogP contribution in [0.5, 0.6) is 0 Å². The number of hydrogen-bond donors (Lipinski definition) is 1. The molecule has 7 heteroatoms. The molecule has 3 aromatic rings. The van der Waals surface area contributed by atoms with Gasteiger partial charge in [0, 0.05) is 5.69 Å². The van der Waals surface area contributed by atoms with E-state index in [2.05, 4.69) is 15.5 Å². The molecule has 0 saturated heterocycles. The number of ether oxygens (including phenoxy) is 1. The number of amides is 1. The number of anilines is 1. The van der Waals surface area contributed by atoms with E-state index in [-0.39, 0.29) is 5.69 Å². The molecule has 1 amide bonds. The number of para-hydroxylation sites is 1. The molecule has 144 valence electrons. The average Bonchev–Trinajstić information content (AvgIpc) is 3.07. The zero-order valence-electron chi connectivity index (χ0n) is 16.3. The highest BCUT2D eigenvalue weighted by Gasteiger charge is 2.24. The van der Waals surface area contributed by atoms with Crippen molar-refractivity contribution in [2.45, 2.75) is 33.8 Å². The summed E-state index contributed by atoms with van der Waals surface area (Å²) in [7, 11) is 0. The number of aromatic nitrogens is 3. The maximum atomic E-state index is 12.5. The van der Waals surface area contributed by atoms with Gasteiger partial charge < -0.3 is 10.1 Å². The third-order valence-electron chi connectivity index (χ3n) is 4.27. The van der Waals surface area contributed by atoms with Crippen LogP contribution in [0.2, 0.25) is 0 Å². The summed E-state index contributed by atoms with van der Waals surface area (Å²) >= 11 is 0. The van der Waals surface area contributed by atoms with Crippen LogP contribution in [0.4, 0.5) is 5.69 Å². The van der Waals surface area contributed by atoms with Crippen LogP contribution in [-0.4, -0.2) is 33.0 Å². The second-order valence-electron chi connectivity index (χ2n) is 6.61.